The highest BCUT2D eigenvalue weighted by Crippen LogP contribution is 2.33. The molecule has 4 aromatic rings. The summed E-state index contributed by atoms with van der Waals surface area (Å²) < 4.78 is 10.9. The molecule has 4 rings (SSSR count). The van der Waals surface area contributed by atoms with Gasteiger partial charge in [-0.05, 0) is 58.4 Å². The fourth-order valence-corrected chi connectivity index (χ4v) is 5.86. The highest BCUT2D eigenvalue weighted by molar-refractivity contribution is 9.11. The first-order valence-electron chi connectivity index (χ1n) is 10.5. The molecule has 0 spiro atoms. The van der Waals surface area contributed by atoms with Crippen LogP contribution in [0.25, 0.3) is 10.9 Å². The van der Waals surface area contributed by atoms with Gasteiger partial charge in [-0.25, -0.2) is 4.98 Å². The molecule has 1 aromatic heterocycles. The van der Waals surface area contributed by atoms with Crippen molar-refractivity contribution in [3.63, 3.8) is 0 Å². The molecular weight excluding hydrogens is 729 g/mol. The van der Waals surface area contributed by atoms with Gasteiger partial charge in [0.05, 0.1) is 21.6 Å². The highest BCUT2D eigenvalue weighted by Gasteiger charge is 2.15. The first kappa shape index (κ1) is 26.5. The molecule has 3 aromatic carbocycles. The van der Waals surface area contributed by atoms with Crippen molar-refractivity contribution in [2.45, 2.75) is 26.4 Å². The molecule has 0 aliphatic rings. The molecule has 5 nitrogen and oxygen atoms in total. The molecule has 1 heterocycles. The second-order valence-electron chi connectivity index (χ2n) is 7.98. The van der Waals surface area contributed by atoms with Crippen molar-refractivity contribution < 1.29 is 4.74 Å². The zero-order chi connectivity index (χ0) is 25.3. The molecule has 35 heavy (non-hydrogen) atoms. The van der Waals surface area contributed by atoms with E-state index >= 15 is 0 Å². The number of halogens is 5. The van der Waals surface area contributed by atoms with E-state index in [0.717, 1.165) is 19.0 Å². The van der Waals surface area contributed by atoms with Gasteiger partial charge >= 0.3 is 0 Å². The number of hydrogen-bond donors (Lipinski definition) is 0. The number of benzene rings is 3. The molecule has 0 atom stereocenters. The lowest BCUT2D eigenvalue weighted by molar-refractivity contribution is 0.303. The van der Waals surface area contributed by atoms with Gasteiger partial charge in [0, 0.05) is 35.5 Å². The van der Waals surface area contributed by atoms with E-state index in [2.05, 4.69) is 68.8 Å². The Morgan fingerprint density at radius 2 is 1.74 bits per heavy atom. The van der Waals surface area contributed by atoms with E-state index in [-0.39, 0.29) is 11.5 Å². The lowest BCUT2D eigenvalue weighted by Gasteiger charge is -2.14. The highest BCUT2D eigenvalue weighted by atomic mass is 79.9. The van der Waals surface area contributed by atoms with Crippen LogP contribution < -0.4 is 10.3 Å². The van der Waals surface area contributed by atoms with Gasteiger partial charge in [-0.1, -0.05) is 79.3 Å². The molecule has 0 radical (unpaired) electrons. The van der Waals surface area contributed by atoms with Crippen molar-refractivity contribution >= 4 is 92.4 Å². The zero-order valence-corrected chi connectivity index (χ0v) is 25.6. The van der Waals surface area contributed by atoms with Crippen LogP contribution in [0.4, 0.5) is 0 Å². The second kappa shape index (κ2) is 11.3. The molecule has 0 fully saturated rings. The number of fused-ring (bicyclic) bond motifs is 1. The molecule has 180 valence electrons. The smallest absolute Gasteiger partial charge is 0.282 e. The van der Waals surface area contributed by atoms with E-state index in [1.54, 1.807) is 24.4 Å². The summed E-state index contributed by atoms with van der Waals surface area (Å²) in [5.41, 5.74) is 1.97. The molecule has 0 saturated heterocycles. The Labute approximate surface area is 241 Å². The van der Waals surface area contributed by atoms with Crippen LogP contribution in [0.5, 0.6) is 5.75 Å². The Bertz CT molecular complexity index is 1520. The van der Waals surface area contributed by atoms with Crippen LogP contribution in [-0.4, -0.2) is 15.9 Å². The molecule has 0 unspecified atom stereocenters. The largest absolute Gasteiger partial charge is 0.487 e. The lowest BCUT2D eigenvalue weighted by atomic mass is 10.2. The summed E-state index contributed by atoms with van der Waals surface area (Å²) in [5, 5.41) is 5.51. The van der Waals surface area contributed by atoms with Crippen LogP contribution >= 0.6 is 75.3 Å². The van der Waals surface area contributed by atoms with E-state index in [1.165, 1.54) is 4.68 Å². The third-order valence-electron chi connectivity index (χ3n) is 5.09. The number of ether oxygens (including phenoxy) is 1. The average molecular weight is 748 g/mol. The van der Waals surface area contributed by atoms with Gasteiger partial charge in [0.1, 0.15) is 18.2 Å². The summed E-state index contributed by atoms with van der Waals surface area (Å²) in [4.78, 5) is 18.0. The van der Waals surface area contributed by atoms with Gasteiger partial charge < -0.3 is 4.74 Å². The number of rotatable bonds is 6. The van der Waals surface area contributed by atoms with Gasteiger partial charge in [-0.15, -0.1) is 0 Å². The fourth-order valence-electron chi connectivity index (χ4n) is 3.39. The Morgan fingerprint density at radius 1 is 1.03 bits per heavy atom. The third kappa shape index (κ3) is 6.07. The van der Waals surface area contributed by atoms with Crippen molar-refractivity contribution in [3.8, 4) is 5.75 Å². The average Bonchev–Trinajstić information content (AvgIpc) is 2.79. The van der Waals surface area contributed by atoms with Crippen molar-refractivity contribution in [2.24, 2.45) is 5.10 Å². The number of nitrogens with zero attached hydrogens (tertiary/aromatic N) is 3. The Hall–Kier alpha value is -1.52. The molecule has 0 saturated carbocycles. The van der Waals surface area contributed by atoms with Gasteiger partial charge in [0.15, 0.2) is 0 Å². The van der Waals surface area contributed by atoms with Gasteiger partial charge in [-0.3, -0.25) is 4.79 Å². The summed E-state index contributed by atoms with van der Waals surface area (Å²) in [5.74, 6) is 1.09. The van der Waals surface area contributed by atoms with E-state index in [4.69, 9.17) is 21.3 Å². The normalized spacial score (nSPS) is 11.7. The maximum atomic E-state index is 13.3. The van der Waals surface area contributed by atoms with Crippen molar-refractivity contribution in [2.75, 3.05) is 0 Å². The van der Waals surface area contributed by atoms with Gasteiger partial charge in [0.25, 0.3) is 5.56 Å². The molecule has 10 heteroatoms. The molecular formula is C25H18Br4ClN3O2. The van der Waals surface area contributed by atoms with Crippen LogP contribution in [0.2, 0.25) is 5.02 Å². The standard InChI is InChI=1S/C25H18Br4ClN3O2/c1-13(2)24-32-22-6-5-16(26)8-19(22)25(34)33(24)31-11-15-7-18(30)10-21(29)23(15)35-12-14-3-4-17(27)9-20(14)28/h3-11,13H,12H2,1-2H3. The minimum Gasteiger partial charge on any atom is -0.487 e. The van der Waals surface area contributed by atoms with Crippen LogP contribution in [0.1, 0.15) is 36.7 Å². The van der Waals surface area contributed by atoms with E-state index in [0.29, 0.717) is 44.1 Å². The summed E-state index contributed by atoms with van der Waals surface area (Å²) in [6, 6.07) is 14.8. The van der Waals surface area contributed by atoms with Crippen LogP contribution in [0.15, 0.2) is 76.3 Å². The Balaban J connectivity index is 1.77. The van der Waals surface area contributed by atoms with Gasteiger partial charge in [-0.2, -0.15) is 9.78 Å². The molecule has 0 amide bonds. The van der Waals surface area contributed by atoms with Crippen molar-refractivity contribution in [3.05, 3.63) is 98.7 Å². The van der Waals surface area contributed by atoms with Crippen LogP contribution in [-0.2, 0) is 6.61 Å². The molecule has 0 N–H and O–H groups in total. The predicted octanol–water partition coefficient (Wildman–Crippen LogP) is 8.68. The minimum atomic E-state index is -0.251. The Morgan fingerprint density at radius 3 is 2.46 bits per heavy atom. The van der Waals surface area contributed by atoms with Crippen molar-refractivity contribution in [1.82, 2.24) is 9.66 Å². The number of hydrogen-bond acceptors (Lipinski definition) is 4. The van der Waals surface area contributed by atoms with Crippen LogP contribution in [0, 0.1) is 0 Å². The SMILES string of the molecule is CC(C)c1nc2ccc(Br)cc2c(=O)n1N=Cc1cc(Cl)cc(Br)c1OCc1ccc(Br)cc1Br. The quantitative estimate of drug-likeness (QED) is 0.186. The summed E-state index contributed by atoms with van der Waals surface area (Å²) in [7, 11) is 0. The van der Waals surface area contributed by atoms with Gasteiger partial charge in [0.2, 0.25) is 0 Å². The molecule has 0 aliphatic carbocycles. The van der Waals surface area contributed by atoms with Crippen molar-refractivity contribution in [1.29, 1.82) is 0 Å². The Kier molecular flexibility index (Phi) is 8.53. The lowest BCUT2D eigenvalue weighted by Crippen LogP contribution is -2.23. The molecule has 0 aliphatic heterocycles. The zero-order valence-electron chi connectivity index (χ0n) is 18.5. The maximum Gasteiger partial charge on any atom is 0.282 e. The minimum absolute atomic E-state index is 0.0236. The monoisotopic (exact) mass is 743 g/mol. The summed E-state index contributed by atoms with van der Waals surface area (Å²) in [6.45, 7) is 4.26. The second-order valence-corrected chi connectivity index (χ2v) is 12.0. The van der Waals surface area contributed by atoms with E-state index in [9.17, 15) is 4.79 Å². The molecule has 0 bridgehead atoms. The fraction of sp³-hybridized carbons (Fsp3) is 0.160. The number of aromatic nitrogens is 2. The van der Waals surface area contributed by atoms with E-state index in [1.807, 2.05) is 44.2 Å². The predicted molar refractivity (Wildman–Crippen MR) is 156 cm³/mol. The van der Waals surface area contributed by atoms with E-state index < -0.39 is 0 Å². The first-order valence-corrected chi connectivity index (χ1v) is 14.0. The summed E-state index contributed by atoms with van der Waals surface area (Å²) >= 11 is 20.3. The van der Waals surface area contributed by atoms with Crippen LogP contribution in [0.3, 0.4) is 0 Å². The third-order valence-corrected chi connectivity index (χ3v) is 7.62. The summed E-state index contributed by atoms with van der Waals surface area (Å²) in [6.07, 6.45) is 1.57. The maximum absolute atomic E-state index is 13.3. The topological polar surface area (TPSA) is 56.5 Å². The first-order chi connectivity index (χ1) is 16.6.